The molecule has 0 saturated heterocycles. The number of alkyl halides is 1. The second-order valence-corrected chi connectivity index (χ2v) is 4.11. The zero-order chi connectivity index (χ0) is 15.1. The van der Waals surface area contributed by atoms with Gasteiger partial charge in [0.1, 0.15) is 5.75 Å². The minimum atomic E-state index is -0.886. The van der Waals surface area contributed by atoms with Gasteiger partial charge in [-0.05, 0) is 13.0 Å². The lowest BCUT2D eigenvalue weighted by Crippen LogP contribution is -2.13. The summed E-state index contributed by atoms with van der Waals surface area (Å²) in [4.78, 5) is 23.3. The minimum Gasteiger partial charge on any atom is -0.493 e. The lowest BCUT2D eigenvalue weighted by Gasteiger charge is -2.13. The van der Waals surface area contributed by atoms with Gasteiger partial charge in [-0.3, -0.25) is 4.79 Å². The van der Waals surface area contributed by atoms with Gasteiger partial charge in [0.2, 0.25) is 0 Å². The summed E-state index contributed by atoms with van der Waals surface area (Å²) >= 11 is 3.07. The van der Waals surface area contributed by atoms with E-state index in [-0.39, 0.29) is 29.0 Å². The van der Waals surface area contributed by atoms with Crippen molar-refractivity contribution in [3.8, 4) is 17.2 Å². The molecule has 0 radical (unpaired) electrons. The number of Topliss-reactive ketones (excluding diaryl/α,β-unsaturated/α-hetero) is 1. The van der Waals surface area contributed by atoms with E-state index in [2.05, 4.69) is 20.7 Å². The second kappa shape index (κ2) is 7.74. The Balaban J connectivity index is 3.23. The highest BCUT2D eigenvalue weighted by Gasteiger charge is 2.20. The van der Waals surface area contributed by atoms with Crippen molar-refractivity contribution >= 4 is 27.9 Å². The molecule has 0 aliphatic rings. The maximum absolute atomic E-state index is 11.9. The van der Waals surface area contributed by atoms with E-state index in [1.54, 1.807) is 6.92 Å². The topological polar surface area (TPSA) is 71.1 Å². The number of ether oxygens (including phenoxy) is 4. The second-order valence-electron chi connectivity index (χ2n) is 3.55. The van der Waals surface area contributed by atoms with Crippen LogP contribution in [-0.4, -0.2) is 38.1 Å². The molecule has 20 heavy (non-hydrogen) atoms. The molecular weight excluding hydrogens is 332 g/mol. The molecule has 0 fully saturated rings. The number of methoxy groups -OCH3 is 2. The van der Waals surface area contributed by atoms with Crippen molar-refractivity contribution in [3.63, 3.8) is 0 Å². The molecule has 7 heteroatoms. The van der Waals surface area contributed by atoms with Crippen LogP contribution in [0.25, 0.3) is 0 Å². The average Bonchev–Trinajstić information content (AvgIpc) is 2.46. The number of hydrogen-bond acceptors (Lipinski definition) is 6. The Bertz CT molecular complexity index is 500. The third kappa shape index (κ3) is 3.86. The van der Waals surface area contributed by atoms with E-state index in [4.69, 9.17) is 14.2 Å². The summed E-state index contributed by atoms with van der Waals surface area (Å²) in [5.74, 6) is 0.515. The van der Waals surface area contributed by atoms with Gasteiger partial charge in [0, 0.05) is 6.07 Å². The van der Waals surface area contributed by atoms with Crippen LogP contribution in [0, 0.1) is 0 Å². The van der Waals surface area contributed by atoms with Crippen LogP contribution in [-0.2, 0) is 4.74 Å². The fraction of sp³-hybridized carbons (Fsp3) is 0.385. The number of carbonyl (C=O) groups excluding carboxylic acids is 2. The van der Waals surface area contributed by atoms with Gasteiger partial charge in [0.05, 0.1) is 31.7 Å². The smallest absolute Gasteiger partial charge is 0.493 e. The number of benzene rings is 1. The van der Waals surface area contributed by atoms with Crippen LogP contribution in [0.1, 0.15) is 17.3 Å². The summed E-state index contributed by atoms with van der Waals surface area (Å²) < 4.78 is 19.9. The minimum absolute atomic E-state index is 0.0607. The van der Waals surface area contributed by atoms with Crippen LogP contribution in [0.4, 0.5) is 4.79 Å². The van der Waals surface area contributed by atoms with Gasteiger partial charge in [-0.25, -0.2) is 4.79 Å². The third-order valence-electron chi connectivity index (χ3n) is 2.36. The van der Waals surface area contributed by atoms with Crippen molar-refractivity contribution in [2.24, 2.45) is 0 Å². The first-order valence-corrected chi connectivity index (χ1v) is 6.89. The maximum atomic E-state index is 11.9. The van der Waals surface area contributed by atoms with Crippen LogP contribution in [0.3, 0.4) is 0 Å². The fourth-order valence-electron chi connectivity index (χ4n) is 1.47. The summed E-state index contributed by atoms with van der Waals surface area (Å²) in [7, 11) is 2.89. The van der Waals surface area contributed by atoms with E-state index in [1.165, 1.54) is 26.4 Å². The Kier molecular flexibility index (Phi) is 6.30. The Morgan fingerprint density at radius 1 is 1.10 bits per heavy atom. The van der Waals surface area contributed by atoms with Crippen LogP contribution in [0.2, 0.25) is 0 Å². The highest BCUT2D eigenvalue weighted by Crippen LogP contribution is 2.35. The van der Waals surface area contributed by atoms with Crippen molar-refractivity contribution in [2.45, 2.75) is 6.92 Å². The molecule has 0 aliphatic heterocycles. The summed E-state index contributed by atoms with van der Waals surface area (Å²) in [5.41, 5.74) is 0.201. The van der Waals surface area contributed by atoms with Gasteiger partial charge in [0.15, 0.2) is 17.3 Å². The molecule has 0 aliphatic carbocycles. The molecule has 1 rings (SSSR count). The van der Waals surface area contributed by atoms with E-state index >= 15 is 0 Å². The van der Waals surface area contributed by atoms with Crippen LogP contribution < -0.4 is 14.2 Å². The highest BCUT2D eigenvalue weighted by molar-refractivity contribution is 9.09. The molecule has 110 valence electrons. The molecule has 0 saturated carbocycles. The molecule has 6 nitrogen and oxygen atoms in total. The van der Waals surface area contributed by atoms with Crippen LogP contribution >= 0.6 is 15.9 Å². The Morgan fingerprint density at radius 2 is 1.70 bits per heavy atom. The normalized spacial score (nSPS) is 9.80. The molecule has 0 bridgehead atoms. The summed E-state index contributed by atoms with van der Waals surface area (Å²) in [6.07, 6.45) is -0.886. The monoisotopic (exact) mass is 346 g/mol. The lowest BCUT2D eigenvalue weighted by atomic mass is 10.1. The molecule has 0 atom stereocenters. The maximum Gasteiger partial charge on any atom is 0.513 e. The number of ketones is 1. The van der Waals surface area contributed by atoms with Crippen molar-refractivity contribution in [2.75, 3.05) is 26.2 Å². The first-order chi connectivity index (χ1) is 9.57. The molecule has 0 amide bonds. The number of halogens is 1. The van der Waals surface area contributed by atoms with Gasteiger partial charge in [-0.15, -0.1) is 0 Å². The van der Waals surface area contributed by atoms with E-state index in [1.807, 2.05) is 0 Å². The molecule has 0 N–H and O–H groups in total. The highest BCUT2D eigenvalue weighted by atomic mass is 79.9. The predicted octanol–water partition coefficient (Wildman–Crippen LogP) is 2.82. The predicted molar refractivity (Wildman–Crippen MR) is 75.3 cm³/mol. The van der Waals surface area contributed by atoms with Gasteiger partial charge >= 0.3 is 6.16 Å². The van der Waals surface area contributed by atoms with Crippen molar-refractivity contribution in [3.05, 3.63) is 17.7 Å². The largest absolute Gasteiger partial charge is 0.513 e. The summed E-state index contributed by atoms with van der Waals surface area (Å²) in [6.45, 7) is 1.83. The van der Waals surface area contributed by atoms with Gasteiger partial charge in [-0.2, -0.15) is 0 Å². The molecule has 0 heterocycles. The van der Waals surface area contributed by atoms with Crippen LogP contribution in [0.5, 0.6) is 17.2 Å². The molecule has 0 spiro atoms. The Hall–Kier alpha value is -1.76. The SMILES string of the molecule is CCOC(=O)Oc1cc(OC)c(OC)cc1C(=O)CBr. The standard InChI is InChI=1S/C13H15BrO6/c1-4-19-13(16)20-10-6-12(18-3)11(17-2)5-8(10)9(15)7-14/h5-6H,4,7H2,1-3H3. The molecule has 1 aromatic carbocycles. The molecule has 0 aromatic heterocycles. The fourth-order valence-corrected chi connectivity index (χ4v) is 1.77. The van der Waals surface area contributed by atoms with Gasteiger partial charge < -0.3 is 18.9 Å². The zero-order valence-corrected chi connectivity index (χ0v) is 13.0. The number of hydrogen-bond donors (Lipinski definition) is 0. The van der Waals surface area contributed by atoms with Gasteiger partial charge in [-0.1, -0.05) is 15.9 Å². The lowest BCUT2D eigenvalue weighted by molar-refractivity contribution is 0.0991. The first-order valence-electron chi connectivity index (χ1n) is 5.77. The van der Waals surface area contributed by atoms with Gasteiger partial charge in [0.25, 0.3) is 0 Å². The third-order valence-corrected chi connectivity index (χ3v) is 2.87. The van der Waals surface area contributed by atoms with Crippen molar-refractivity contribution in [1.29, 1.82) is 0 Å². The van der Waals surface area contributed by atoms with Crippen molar-refractivity contribution in [1.82, 2.24) is 0 Å². The molecule has 0 unspecified atom stereocenters. The average molecular weight is 347 g/mol. The quantitative estimate of drug-likeness (QED) is 0.341. The zero-order valence-electron chi connectivity index (χ0n) is 11.4. The number of rotatable bonds is 6. The Labute approximate surface area is 125 Å². The Morgan fingerprint density at radius 3 is 2.20 bits per heavy atom. The van der Waals surface area contributed by atoms with Crippen LogP contribution in [0.15, 0.2) is 12.1 Å². The van der Waals surface area contributed by atoms with E-state index in [9.17, 15) is 9.59 Å². The molecule has 1 aromatic rings. The van der Waals surface area contributed by atoms with E-state index in [0.717, 1.165) is 0 Å². The van der Waals surface area contributed by atoms with E-state index < -0.39 is 6.16 Å². The van der Waals surface area contributed by atoms with E-state index in [0.29, 0.717) is 11.5 Å². The molecular formula is C13H15BrO6. The summed E-state index contributed by atoms with van der Waals surface area (Å²) in [6, 6.07) is 2.86. The first kappa shape index (κ1) is 16.3. The summed E-state index contributed by atoms with van der Waals surface area (Å²) in [5, 5.41) is 0.0850. The number of carbonyl (C=O) groups is 2. The van der Waals surface area contributed by atoms with Crippen molar-refractivity contribution < 1.29 is 28.5 Å².